The van der Waals surface area contributed by atoms with Gasteiger partial charge in [0.15, 0.2) is 0 Å². The summed E-state index contributed by atoms with van der Waals surface area (Å²) >= 11 is 1.55. The van der Waals surface area contributed by atoms with Crippen LogP contribution in [-0.2, 0) is 6.54 Å². The van der Waals surface area contributed by atoms with Crippen molar-refractivity contribution >= 4 is 22.9 Å². The highest BCUT2D eigenvalue weighted by Crippen LogP contribution is 2.38. The van der Waals surface area contributed by atoms with E-state index in [4.69, 9.17) is 14.2 Å². The largest absolute Gasteiger partial charge is 0.497 e. The van der Waals surface area contributed by atoms with Gasteiger partial charge in [0.05, 0.1) is 30.1 Å². The summed E-state index contributed by atoms with van der Waals surface area (Å²) in [7, 11) is 1.63. The van der Waals surface area contributed by atoms with Crippen molar-refractivity contribution < 1.29 is 14.1 Å². The normalized spacial score (nSPS) is 15.9. The summed E-state index contributed by atoms with van der Waals surface area (Å²) in [5.41, 5.74) is 5.81. The lowest BCUT2D eigenvalue weighted by Gasteiger charge is -2.35. The first-order valence-electron chi connectivity index (χ1n) is 11.3. The molecule has 1 atom stereocenters. The number of benzene rings is 2. The van der Waals surface area contributed by atoms with Crippen LogP contribution in [0.4, 0.5) is 4.79 Å². The van der Waals surface area contributed by atoms with E-state index in [9.17, 15) is 4.79 Å². The number of carbonyl (C=O) groups excluding carboxylic acids is 1. The van der Waals surface area contributed by atoms with Crippen molar-refractivity contribution in [3.8, 4) is 16.5 Å². The molecule has 1 aliphatic rings. The quantitative estimate of drug-likeness (QED) is 0.355. The van der Waals surface area contributed by atoms with E-state index in [0.717, 1.165) is 38.6 Å². The molecule has 1 N–H and O–H groups in total. The molecule has 2 aromatic carbocycles. The van der Waals surface area contributed by atoms with E-state index in [1.165, 1.54) is 5.56 Å². The van der Waals surface area contributed by atoms with Crippen LogP contribution in [0.15, 0.2) is 70.2 Å². The molecule has 35 heavy (non-hydrogen) atoms. The number of nitrogens with zero attached hydrogens (tertiary/aromatic N) is 3. The Morgan fingerprint density at radius 2 is 1.94 bits per heavy atom. The number of hydrogen-bond acceptors (Lipinski definition) is 6. The monoisotopic (exact) mass is 486 g/mol. The molecule has 1 unspecified atom stereocenters. The van der Waals surface area contributed by atoms with Gasteiger partial charge in [-0.15, -0.1) is 11.3 Å². The fourth-order valence-electron chi connectivity index (χ4n) is 4.24. The highest BCUT2D eigenvalue weighted by molar-refractivity contribution is 7.13. The first-order chi connectivity index (χ1) is 16.9. The van der Waals surface area contributed by atoms with Crippen molar-refractivity contribution in [1.82, 2.24) is 20.4 Å². The maximum Gasteiger partial charge on any atom is 0.322 e. The van der Waals surface area contributed by atoms with Gasteiger partial charge in [-0.2, -0.15) is 4.98 Å². The van der Waals surface area contributed by atoms with Crippen LogP contribution in [-0.4, -0.2) is 28.2 Å². The van der Waals surface area contributed by atoms with Crippen molar-refractivity contribution in [1.29, 1.82) is 0 Å². The highest BCUT2D eigenvalue weighted by Gasteiger charge is 2.36. The molecule has 4 aromatic rings. The second-order valence-electron chi connectivity index (χ2n) is 8.56. The number of aromatic nitrogens is 2. The van der Waals surface area contributed by atoms with Crippen molar-refractivity contribution in [3.63, 3.8) is 0 Å². The number of aryl methyl sites for hydroxylation is 2. The summed E-state index contributed by atoms with van der Waals surface area (Å²) in [6, 6.07) is 17.2. The van der Waals surface area contributed by atoms with Crippen LogP contribution >= 0.6 is 11.3 Å². The summed E-state index contributed by atoms with van der Waals surface area (Å²) in [5, 5.41) is 9.37. The van der Waals surface area contributed by atoms with E-state index in [1.807, 2.05) is 54.8 Å². The van der Waals surface area contributed by atoms with Crippen LogP contribution in [0.2, 0.25) is 0 Å². The maximum atomic E-state index is 13.4. The minimum absolute atomic E-state index is 0.185. The maximum absolute atomic E-state index is 13.4. The molecule has 5 rings (SSSR count). The summed E-state index contributed by atoms with van der Waals surface area (Å²) in [5.74, 6) is 1.67. The number of ether oxygens (including phenoxy) is 1. The molecule has 178 valence electrons. The van der Waals surface area contributed by atoms with Gasteiger partial charge >= 0.3 is 6.03 Å². The Morgan fingerprint density at radius 3 is 2.69 bits per heavy atom. The van der Waals surface area contributed by atoms with Gasteiger partial charge in [-0.1, -0.05) is 41.6 Å². The molecule has 0 fully saturated rings. The number of amides is 2. The van der Waals surface area contributed by atoms with Crippen LogP contribution < -0.4 is 10.1 Å². The molecule has 0 spiro atoms. The third kappa shape index (κ3) is 4.44. The first-order valence-corrected chi connectivity index (χ1v) is 12.2. The van der Waals surface area contributed by atoms with Gasteiger partial charge in [-0.25, -0.2) is 4.79 Å². The van der Waals surface area contributed by atoms with Gasteiger partial charge in [0.25, 0.3) is 5.89 Å². The van der Waals surface area contributed by atoms with Crippen molar-refractivity contribution in [2.24, 2.45) is 0 Å². The van der Waals surface area contributed by atoms with Gasteiger partial charge < -0.3 is 14.6 Å². The van der Waals surface area contributed by atoms with Gasteiger partial charge in [-0.3, -0.25) is 4.90 Å². The third-order valence-corrected chi connectivity index (χ3v) is 7.20. The molecule has 1 aliphatic heterocycles. The molecule has 7 nitrogen and oxygen atoms in total. The molecule has 0 saturated carbocycles. The van der Waals surface area contributed by atoms with E-state index in [-0.39, 0.29) is 6.03 Å². The molecule has 8 heteroatoms. The predicted octanol–water partition coefficient (Wildman–Crippen LogP) is 6.12. The van der Waals surface area contributed by atoms with Crippen LogP contribution in [0.25, 0.3) is 16.3 Å². The standard InChI is InChI=1S/C27H26N4O3S/c1-16-10-11-20(13-17(16)2)24-23(26-29-25(30-34-26)22-9-6-12-35-22)18(3)31(27(32)28-24)15-19-7-5-8-21(14-19)33-4/h5-14,24H,15H2,1-4H3,(H,28,32). The Morgan fingerprint density at radius 1 is 1.09 bits per heavy atom. The zero-order chi connectivity index (χ0) is 24.5. The van der Waals surface area contributed by atoms with Gasteiger partial charge in [0, 0.05) is 5.70 Å². The lowest BCUT2D eigenvalue weighted by atomic mass is 9.92. The Hall–Kier alpha value is -3.91. The summed E-state index contributed by atoms with van der Waals surface area (Å²) in [6.07, 6.45) is 0. The van der Waals surface area contributed by atoms with Crippen molar-refractivity contribution in [2.45, 2.75) is 33.4 Å². The minimum atomic E-state index is -0.417. The third-order valence-electron chi connectivity index (χ3n) is 6.33. The van der Waals surface area contributed by atoms with Crippen LogP contribution in [0, 0.1) is 13.8 Å². The molecule has 0 aliphatic carbocycles. The second kappa shape index (κ2) is 9.38. The molecular formula is C27H26N4O3S. The molecule has 0 saturated heterocycles. The zero-order valence-corrected chi connectivity index (χ0v) is 20.8. The molecular weight excluding hydrogens is 460 g/mol. The predicted molar refractivity (Wildman–Crippen MR) is 136 cm³/mol. The van der Waals surface area contributed by atoms with Crippen LogP contribution in [0.1, 0.15) is 41.1 Å². The van der Waals surface area contributed by atoms with E-state index in [2.05, 4.69) is 36.5 Å². The number of nitrogens with one attached hydrogen (secondary N) is 1. The number of carbonyl (C=O) groups is 1. The van der Waals surface area contributed by atoms with E-state index >= 15 is 0 Å². The minimum Gasteiger partial charge on any atom is -0.497 e. The summed E-state index contributed by atoms with van der Waals surface area (Å²) in [6.45, 7) is 6.44. The Bertz CT molecular complexity index is 1410. The molecule has 0 bridgehead atoms. The van der Waals surface area contributed by atoms with Gasteiger partial charge in [-0.05, 0) is 66.6 Å². The van der Waals surface area contributed by atoms with Gasteiger partial charge in [0.2, 0.25) is 5.82 Å². The molecule has 2 amide bonds. The smallest absolute Gasteiger partial charge is 0.322 e. The molecule has 2 aromatic heterocycles. The van der Waals surface area contributed by atoms with E-state index in [1.54, 1.807) is 23.3 Å². The lowest BCUT2D eigenvalue weighted by Crippen LogP contribution is -2.45. The number of allylic oxidation sites excluding steroid dienone is 1. The number of hydrogen-bond donors (Lipinski definition) is 1. The summed E-state index contributed by atoms with van der Waals surface area (Å²) in [4.78, 5) is 20.7. The topological polar surface area (TPSA) is 80.5 Å². The van der Waals surface area contributed by atoms with Gasteiger partial charge in [0.1, 0.15) is 5.75 Å². The Labute approximate surface area is 208 Å². The summed E-state index contributed by atoms with van der Waals surface area (Å²) < 4.78 is 11.1. The van der Waals surface area contributed by atoms with E-state index < -0.39 is 6.04 Å². The van der Waals surface area contributed by atoms with Crippen LogP contribution in [0.3, 0.4) is 0 Å². The number of thiophene rings is 1. The molecule has 0 radical (unpaired) electrons. The fourth-order valence-corrected chi connectivity index (χ4v) is 4.88. The highest BCUT2D eigenvalue weighted by atomic mass is 32.1. The average molecular weight is 487 g/mol. The van der Waals surface area contributed by atoms with E-state index in [0.29, 0.717) is 18.3 Å². The SMILES string of the molecule is COc1cccc(CN2C(=O)NC(c3ccc(C)c(C)c3)C(c3nc(-c4cccs4)no3)=C2C)c1. The fraction of sp³-hybridized carbons (Fsp3) is 0.222. The average Bonchev–Trinajstić information content (AvgIpc) is 3.56. The number of methoxy groups -OCH3 is 1. The van der Waals surface area contributed by atoms with Crippen LogP contribution in [0.5, 0.6) is 5.75 Å². The zero-order valence-electron chi connectivity index (χ0n) is 20.0. The van der Waals surface area contributed by atoms with Crippen molar-refractivity contribution in [2.75, 3.05) is 7.11 Å². The Kier molecular flexibility index (Phi) is 6.13. The Balaban J connectivity index is 1.60. The second-order valence-corrected chi connectivity index (χ2v) is 9.51. The lowest BCUT2D eigenvalue weighted by molar-refractivity contribution is 0.203. The number of urea groups is 1. The van der Waals surface area contributed by atoms with Crippen molar-refractivity contribution in [3.05, 3.63) is 93.8 Å². The number of rotatable bonds is 6. The molecule has 3 heterocycles. The first kappa shape index (κ1) is 22.9.